The molecule has 2 heterocycles. The molecule has 0 amide bonds. The van der Waals surface area contributed by atoms with Crippen molar-refractivity contribution in [2.45, 2.75) is 32.7 Å². The van der Waals surface area contributed by atoms with E-state index in [1.54, 1.807) is 0 Å². The highest BCUT2D eigenvalue weighted by atomic mass is 16.1. The molecule has 4 nitrogen and oxygen atoms in total. The van der Waals surface area contributed by atoms with Crippen LogP contribution in [-0.2, 0) is 6.54 Å². The smallest absolute Gasteiger partial charge is 0.271 e. The zero-order valence-corrected chi connectivity index (χ0v) is 12.6. The van der Waals surface area contributed by atoms with E-state index in [0.29, 0.717) is 0 Å². The first-order valence-electron chi connectivity index (χ1n) is 7.81. The predicted molar refractivity (Wildman–Crippen MR) is 85.5 cm³/mol. The molecule has 1 aliphatic rings. The minimum absolute atomic E-state index is 0.00232. The Labute approximate surface area is 125 Å². The van der Waals surface area contributed by atoms with E-state index in [1.165, 1.54) is 37.9 Å². The molecular formula is C17H23N3O. The van der Waals surface area contributed by atoms with Gasteiger partial charge in [0.1, 0.15) is 0 Å². The van der Waals surface area contributed by atoms with Crippen LogP contribution in [0.3, 0.4) is 0 Å². The average molecular weight is 285 g/mol. The number of rotatable bonds is 4. The Morgan fingerprint density at radius 1 is 1.05 bits per heavy atom. The zero-order chi connectivity index (χ0) is 14.7. The van der Waals surface area contributed by atoms with Gasteiger partial charge >= 0.3 is 0 Å². The van der Waals surface area contributed by atoms with Gasteiger partial charge in [0.05, 0.1) is 12.1 Å². The first kappa shape index (κ1) is 14.1. The molecule has 1 N–H and O–H groups in total. The van der Waals surface area contributed by atoms with Gasteiger partial charge in [-0.3, -0.25) is 14.6 Å². The van der Waals surface area contributed by atoms with Crippen LogP contribution in [0.25, 0.3) is 11.1 Å². The van der Waals surface area contributed by atoms with E-state index in [1.807, 2.05) is 35.1 Å². The molecule has 1 fully saturated rings. The number of H-pyrrole nitrogens is 1. The third-order valence-electron chi connectivity index (χ3n) is 4.24. The Kier molecular flexibility index (Phi) is 4.25. The second-order valence-corrected chi connectivity index (χ2v) is 5.95. The van der Waals surface area contributed by atoms with Gasteiger partial charge < -0.3 is 4.90 Å². The molecule has 0 unspecified atom stereocenters. The molecule has 1 aromatic heterocycles. The summed E-state index contributed by atoms with van der Waals surface area (Å²) in [6.45, 7) is 6.30. The fourth-order valence-electron chi connectivity index (χ4n) is 2.93. The van der Waals surface area contributed by atoms with Crippen molar-refractivity contribution in [3.63, 3.8) is 0 Å². The molecular weight excluding hydrogens is 262 g/mol. The molecule has 1 aliphatic heterocycles. The van der Waals surface area contributed by atoms with Crippen molar-refractivity contribution in [1.82, 2.24) is 14.7 Å². The molecule has 1 saturated heterocycles. The van der Waals surface area contributed by atoms with Crippen molar-refractivity contribution >= 4 is 0 Å². The summed E-state index contributed by atoms with van der Waals surface area (Å²) in [6, 6.07) is 8.10. The number of aryl methyl sites for hydroxylation is 1. The molecule has 0 aliphatic carbocycles. The monoisotopic (exact) mass is 285 g/mol. The van der Waals surface area contributed by atoms with Gasteiger partial charge in [0.15, 0.2) is 0 Å². The van der Waals surface area contributed by atoms with Crippen molar-refractivity contribution in [3.8, 4) is 11.1 Å². The van der Waals surface area contributed by atoms with Crippen molar-refractivity contribution < 1.29 is 0 Å². The second kappa shape index (κ2) is 6.31. The lowest BCUT2D eigenvalue weighted by atomic mass is 10.1. The summed E-state index contributed by atoms with van der Waals surface area (Å²) in [7, 11) is 0. The number of hydrogen-bond acceptors (Lipinski definition) is 2. The summed E-state index contributed by atoms with van der Waals surface area (Å²) in [5.74, 6) is 0. The molecule has 2 aromatic rings. The minimum atomic E-state index is -0.00232. The third kappa shape index (κ3) is 3.45. The standard InChI is InChI=1S/C17H23N3O/c1-14-5-7-15(8-6-14)16-13-20(18-17(16)21)12-11-19-9-3-2-4-10-19/h5-8,13H,2-4,9-12H2,1H3,(H,18,21). The quantitative estimate of drug-likeness (QED) is 0.938. The summed E-state index contributed by atoms with van der Waals surface area (Å²) < 4.78 is 1.92. The number of benzene rings is 1. The van der Waals surface area contributed by atoms with Crippen LogP contribution in [0.4, 0.5) is 0 Å². The van der Waals surface area contributed by atoms with Gasteiger partial charge in [-0.05, 0) is 38.4 Å². The van der Waals surface area contributed by atoms with Gasteiger partial charge in [0.25, 0.3) is 5.56 Å². The Bertz CT molecular complexity index is 633. The summed E-state index contributed by atoms with van der Waals surface area (Å²) in [6.07, 6.45) is 5.90. The van der Waals surface area contributed by atoms with Gasteiger partial charge in [-0.2, -0.15) is 0 Å². The van der Waals surface area contributed by atoms with Crippen LogP contribution in [0.15, 0.2) is 35.3 Å². The Morgan fingerprint density at radius 2 is 1.76 bits per heavy atom. The fraction of sp³-hybridized carbons (Fsp3) is 0.471. The number of aromatic amines is 1. The lowest BCUT2D eigenvalue weighted by Gasteiger charge is -2.26. The molecule has 21 heavy (non-hydrogen) atoms. The van der Waals surface area contributed by atoms with Crippen LogP contribution in [0, 0.1) is 6.92 Å². The molecule has 0 bridgehead atoms. The van der Waals surface area contributed by atoms with Crippen molar-refractivity contribution in [2.24, 2.45) is 0 Å². The molecule has 0 radical (unpaired) electrons. The largest absolute Gasteiger partial charge is 0.302 e. The number of nitrogens with one attached hydrogen (secondary N) is 1. The molecule has 4 heteroatoms. The molecule has 112 valence electrons. The summed E-state index contributed by atoms with van der Waals surface area (Å²) >= 11 is 0. The second-order valence-electron chi connectivity index (χ2n) is 5.95. The summed E-state index contributed by atoms with van der Waals surface area (Å²) in [5.41, 5.74) is 2.95. The van der Waals surface area contributed by atoms with Gasteiger partial charge in [-0.15, -0.1) is 0 Å². The zero-order valence-electron chi connectivity index (χ0n) is 12.6. The maximum atomic E-state index is 12.1. The van der Waals surface area contributed by atoms with Gasteiger partial charge in [0.2, 0.25) is 0 Å². The highest BCUT2D eigenvalue weighted by Crippen LogP contribution is 2.15. The predicted octanol–water partition coefficient (Wildman–Crippen LogP) is 2.64. The van der Waals surface area contributed by atoms with E-state index < -0.39 is 0 Å². The maximum Gasteiger partial charge on any atom is 0.271 e. The molecule has 3 rings (SSSR count). The molecule has 0 saturated carbocycles. The topological polar surface area (TPSA) is 41.0 Å². The number of aromatic nitrogens is 2. The summed E-state index contributed by atoms with van der Waals surface area (Å²) in [5, 5.41) is 2.93. The van der Waals surface area contributed by atoms with Crippen LogP contribution in [0.5, 0.6) is 0 Å². The van der Waals surface area contributed by atoms with Crippen LogP contribution in [0.1, 0.15) is 24.8 Å². The van der Waals surface area contributed by atoms with E-state index in [-0.39, 0.29) is 5.56 Å². The highest BCUT2D eigenvalue weighted by Gasteiger charge is 2.11. The first-order valence-corrected chi connectivity index (χ1v) is 7.81. The highest BCUT2D eigenvalue weighted by molar-refractivity contribution is 5.61. The number of nitrogens with zero attached hydrogens (tertiary/aromatic N) is 2. The minimum Gasteiger partial charge on any atom is -0.302 e. The van der Waals surface area contributed by atoms with E-state index in [0.717, 1.165) is 24.2 Å². The van der Waals surface area contributed by atoms with Crippen LogP contribution < -0.4 is 5.56 Å². The Balaban J connectivity index is 1.69. The number of likely N-dealkylation sites (tertiary alicyclic amines) is 1. The normalized spacial score (nSPS) is 16.2. The molecule has 0 spiro atoms. The third-order valence-corrected chi connectivity index (χ3v) is 4.24. The number of hydrogen-bond donors (Lipinski definition) is 1. The van der Waals surface area contributed by atoms with Crippen molar-refractivity contribution in [3.05, 3.63) is 46.4 Å². The lowest BCUT2D eigenvalue weighted by molar-refractivity contribution is 0.218. The summed E-state index contributed by atoms with van der Waals surface area (Å²) in [4.78, 5) is 14.6. The first-order chi connectivity index (χ1) is 10.2. The van der Waals surface area contributed by atoms with E-state index in [4.69, 9.17) is 0 Å². The molecule has 0 atom stereocenters. The lowest BCUT2D eigenvalue weighted by Crippen LogP contribution is -2.32. The van der Waals surface area contributed by atoms with E-state index >= 15 is 0 Å². The van der Waals surface area contributed by atoms with Gasteiger partial charge in [0, 0.05) is 12.7 Å². The van der Waals surface area contributed by atoms with Gasteiger partial charge in [-0.25, -0.2) is 0 Å². The van der Waals surface area contributed by atoms with E-state index in [9.17, 15) is 4.79 Å². The fourth-order valence-corrected chi connectivity index (χ4v) is 2.93. The average Bonchev–Trinajstić information content (AvgIpc) is 2.88. The number of piperidine rings is 1. The van der Waals surface area contributed by atoms with Crippen molar-refractivity contribution in [2.75, 3.05) is 19.6 Å². The Morgan fingerprint density at radius 3 is 2.48 bits per heavy atom. The SMILES string of the molecule is Cc1ccc(-c2cn(CCN3CCCCC3)[nH]c2=O)cc1. The maximum absolute atomic E-state index is 12.1. The van der Waals surface area contributed by atoms with Gasteiger partial charge in [-0.1, -0.05) is 36.2 Å². The van der Waals surface area contributed by atoms with Crippen LogP contribution in [0.2, 0.25) is 0 Å². The van der Waals surface area contributed by atoms with Crippen LogP contribution >= 0.6 is 0 Å². The van der Waals surface area contributed by atoms with Crippen LogP contribution in [-0.4, -0.2) is 34.3 Å². The molecule has 1 aromatic carbocycles. The van der Waals surface area contributed by atoms with Crippen molar-refractivity contribution in [1.29, 1.82) is 0 Å². The Hall–Kier alpha value is -1.81. The van der Waals surface area contributed by atoms with E-state index in [2.05, 4.69) is 16.9 Å².